The molecular weight excluding hydrogens is 258 g/mol. The smallest absolute Gasteiger partial charge is 0.216 e. The van der Waals surface area contributed by atoms with Gasteiger partial charge < -0.3 is 4.74 Å². The number of rotatable bonds is 4. The maximum Gasteiger partial charge on any atom is 0.216 e. The van der Waals surface area contributed by atoms with Crippen molar-refractivity contribution >= 4 is 15.9 Å². The zero-order valence-electron chi connectivity index (χ0n) is 8.70. The molecule has 1 rings (SSSR count). The molecule has 0 radical (unpaired) electrons. The van der Waals surface area contributed by atoms with Crippen LogP contribution in [-0.2, 0) is 0 Å². The van der Waals surface area contributed by atoms with Crippen LogP contribution in [0.3, 0.4) is 0 Å². The van der Waals surface area contributed by atoms with Crippen LogP contribution in [0.15, 0.2) is 6.07 Å². The summed E-state index contributed by atoms with van der Waals surface area (Å²) in [5.74, 6) is 0.711. The molecule has 5 heteroatoms. The predicted octanol–water partition coefficient (Wildman–Crippen LogP) is 2.19. The van der Waals surface area contributed by atoms with E-state index in [0.29, 0.717) is 23.6 Å². The van der Waals surface area contributed by atoms with Gasteiger partial charge in [0.15, 0.2) is 5.82 Å². The summed E-state index contributed by atoms with van der Waals surface area (Å²) >= 11 is 3.26. The fourth-order valence-corrected chi connectivity index (χ4v) is 1.54. The second-order valence-corrected chi connectivity index (χ2v) is 3.62. The van der Waals surface area contributed by atoms with Crippen LogP contribution < -0.4 is 4.74 Å². The zero-order chi connectivity index (χ0) is 11.3. The summed E-state index contributed by atoms with van der Waals surface area (Å²) in [6, 6.07) is 3.90. The van der Waals surface area contributed by atoms with E-state index in [1.165, 1.54) is 0 Å². The van der Waals surface area contributed by atoms with Gasteiger partial charge in [0.1, 0.15) is 5.92 Å². The molecule has 1 atom stereocenters. The molecule has 0 fully saturated rings. The minimum Gasteiger partial charge on any atom is -0.478 e. The van der Waals surface area contributed by atoms with E-state index in [0.717, 1.165) is 5.69 Å². The van der Waals surface area contributed by atoms with Crippen LogP contribution in [0.4, 0.5) is 0 Å². The van der Waals surface area contributed by atoms with Gasteiger partial charge in [0.2, 0.25) is 5.88 Å². The highest BCUT2D eigenvalue weighted by Gasteiger charge is 2.14. The largest absolute Gasteiger partial charge is 0.478 e. The molecule has 0 aliphatic rings. The predicted molar refractivity (Wildman–Crippen MR) is 60.1 cm³/mol. The second-order valence-electron chi connectivity index (χ2n) is 2.97. The Morgan fingerprint density at radius 2 is 2.33 bits per heavy atom. The van der Waals surface area contributed by atoms with Gasteiger partial charge in [-0.1, -0.05) is 15.9 Å². The summed E-state index contributed by atoms with van der Waals surface area (Å²) in [4.78, 5) is 8.39. The monoisotopic (exact) mass is 269 g/mol. The van der Waals surface area contributed by atoms with E-state index in [9.17, 15) is 0 Å². The first-order valence-corrected chi connectivity index (χ1v) is 5.77. The summed E-state index contributed by atoms with van der Waals surface area (Å²) in [5, 5.41) is 9.42. The van der Waals surface area contributed by atoms with E-state index < -0.39 is 0 Å². The third-order valence-electron chi connectivity index (χ3n) is 1.76. The van der Waals surface area contributed by atoms with Crippen molar-refractivity contribution in [3.8, 4) is 11.9 Å². The van der Waals surface area contributed by atoms with Crippen LogP contribution >= 0.6 is 15.9 Å². The highest BCUT2D eigenvalue weighted by molar-refractivity contribution is 9.09. The summed E-state index contributed by atoms with van der Waals surface area (Å²) in [6.07, 6.45) is 0. The first kappa shape index (κ1) is 11.9. The van der Waals surface area contributed by atoms with Crippen molar-refractivity contribution in [2.45, 2.75) is 19.8 Å². The highest BCUT2D eigenvalue weighted by Crippen LogP contribution is 2.17. The summed E-state index contributed by atoms with van der Waals surface area (Å²) in [5.41, 5.74) is 0.810. The first-order chi connectivity index (χ1) is 7.21. The molecule has 0 saturated heterocycles. The van der Waals surface area contributed by atoms with E-state index >= 15 is 0 Å². The quantitative estimate of drug-likeness (QED) is 0.787. The number of hydrogen-bond donors (Lipinski definition) is 0. The highest BCUT2D eigenvalue weighted by atomic mass is 79.9. The Bertz CT molecular complexity index is 375. The minimum atomic E-state index is -0.330. The van der Waals surface area contributed by atoms with E-state index in [1.54, 1.807) is 6.07 Å². The van der Waals surface area contributed by atoms with Gasteiger partial charge in [-0.3, -0.25) is 0 Å². The molecule has 0 aromatic carbocycles. The van der Waals surface area contributed by atoms with E-state index in [1.807, 2.05) is 13.8 Å². The van der Waals surface area contributed by atoms with Crippen LogP contribution in [0.25, 0.3) is 0 Å². The molecule has 0 spiro atoms. The summed E-state index contributed by atoms with van der Waals surface area (Å²) in [7, 11) is 0. The van der Waals surface area contributed by atoms with Crippen LogP contribution in [0.2, 0.25) is 0 Å². The summed E-state index contributed by atoms with van der Waals surface area (Å²) in [6.45, 7) is 4.31. The maximum atomic E-state index is 8.89. The van der Waals surface area contributed by atoms with Crippen molar-refractivity contribution in [3.05, 3.63) is 17.6 Å². The zero-order valence-corrected chi connectivity index (χ0v) is 10.3. The average molecular weight is 270 g/mol. The van der Waals surface area contributed by atoms with Gasteiger partial charge in [0.25, 0.3) is 0 Å². The molecule has 1 aromatic rings. The van der Waals surface area contributed by atoms with E-state index in [-0.39, 0.29) is 5.92 Å². The van der Waals surface area contributed by atoms with Gasteiger partial charge >= 0.3 is 0 Å². The first-order valence-electron chi connectivity index (χ1n) is 4.65. The topological polar surface area (TPSA) is 58.8 Å². The Hall–Kier alpha value is -1.15. The Morgan fingerprint density at radius 1 is 1.60 bits per heavy atom. The van der Waals surface area contributed by atoms with Crippen LogP contribution in [0.1, 0.15) is 24.4 Å². The number of halogens is 1. The number of aromatic nitrogens is 2. The molecule has 0 bridgehead atoms. The molecule has 0 aliphatic heterocycles. The van der Waals surface area contributed by atoms with Crippen molar-refractivity contribution in [3.63, 3.8) is 0 Å². The van der Waals surface area contributed by atoms with E-state index in [2.05, 4.69) is 32.0 Å². The SMILES string of the molecule is CCOc1cc(C)nc(C(C#N)CBr)n1. The number of aryl methyl sites for hydroxylation is 1. The number of nitrogens with zero attached hydrogens (tertiary/aromatic N) is 3. The second kappa shape index (κ2) is 5.66. The molecule has 1 unspecified atom stereocenters. The standard InChI is InChI=1S/C10H12BrN3O/c1-3-15-9-4-7(2)13-10(14-9)8(5-11)6-12/h4,8H,3,5H2,1-2H3. The lowest BCUT2D eigenvalue weighted by molar-refractivity contribution is 0.324. The van der Waals surface area contributed by atoms with Gasteiger partial charge in [0, 0.05) is 17.1 Å². The van der Waals surface area contributed by atoms with Gasteiger partial charge in [-0.25, -0.2) is 4.98 Å². The normalized spacial score (nSPS) is 11.9. The fraction of sp³-hybridized carbons (Fsp3) is 0.500. The summed E-state index contributed by atoms with van der Waals surface area (Å²) < 4.78 is 5.29. The van der Waals surface area contributed by atoms with Crippen LogP contribution in [0, 0.1) is 18.3 Å². The number of alkyl halides is 1. The molecule has 4 nitrogen and oxygen atoms in total. The Balaban J connectivity index is 3.03. The van der Waals surface area contributed by atoms with Gasteiger partial charge in [0.05, 0.1) is 12.7 Å². The number of nitriles is 1. The van der Waals surface area contributed by atoms with Crippen molar-refractivity contribution < 1.29 is 4.74 Å². The maximum absolute atomic E-state index is 8.89. The Morgan fingerprint density at radius 3 is 2.87 bits per heavy atom. The Kier molecular flexibility index (Phi) is 4.50. The molecule has 0 saturated carbocycles. The number of ether oxygens (including phenoxy) is 1. The lowest BCUT2D eigenvalue weighted by atomic mass is 10.2. The lowest BCUT2D eigenvalue weighted by Crippen LogP contribution is -2.07. The molecule has 1 heterocycles. The van der Waals surface area contributed by atoms with Crippen molar-refractivity contribution in [1.82, 2.24) is 9.97 Å². The average Bonchev–Trinajstić information content (AvgIpc) is 2.19. The van der Waals surface area contributed by atoms with E-state index in [4.69, 9.17) is 10.00 Å². The lowest BCUT2D eigenvalue weighted by Gasteiger charge is -2.08. The molecule has 0 amide bonds. The van der Waals surface area contributed by atoms with Crippen molar-refractivity contribution in [2.24, 2.45) is 0 Å². The fourth-order valence-electron chi connectivity index (χ4n) is 1.10. The van der Waals surface area contributed by atoms with Gasteiger partial charge in [-0.15, -0.1) is 0 Å². The van der Waals surface area contributed by atoms with Gasteiger partial charge in [-0.05, 0) is 13.8 Å². The molecule has 0 N–H and O–H groups in total. The third-order valence-corrected chi connectivity index (χ3v) is 2.41. The third kappa shape index (κ3) is 3.17. The number of hydrogen-bond acceptors (Lipinski definition) is 4. The van der Waals surface area contributed by atoms with Crippen molar-refractivity contribution in [2.75, 3.05) is 11.9 Å². The Labute approximate surface area is 97.4 Å². The molecule has 1 aromatic heterocycles. The molecule has 15 heavy (non-hydrogen) atoms. The minimum absolute atomic E-state index is 0.330. The van der Waals surface area contributed by atoms with Crippen LogP contribution in [0.5, 0.6) is 5.88 Å². The van der Waals surface area contributed by atoms with Crippen LogP contribution in [-0.4, -0.2) is 21.9 Å². The molecule has 80 valence electrons. The molecule has 0 aliphatic carbocycles. The van der Waals surface area contributed by atoms with Gasteiger partial charge in [-0.2, -0.15) is 10.2 Å². The molecular formula is C10H12BrN3O. The van der Waals surface area contributed by atoms with Crippen molar-refractivity contribution in [1.29, 1.82) is 5.26 Å².